The number of amides is 1. The molecule has 3 N–H and O–H groups in total. The van der Waals surface area contributed by atoms with Crippen molar-refractivity contribution in [2.45, 2.75) is 96.6 Å². The predicted molar refractivity (Wildman–Crippen MR) is 111 cm³/mol. The summed E-state index contributed by atoms with van der Waals surface area (Å²) in [5, 5.41) is 2.73. The van der Waals surface area contributed by atoms with Gasteiger partial charge in [-0.25, -0.2) is 5.43 Å². The van der Waals surface area contributed by atoms with Gasteiger partial charge in [-0.3, -0.25) is 14.6 Å². The molecule has 0 spiro atoms. The highest BCUT2D eigenvalue weighted by molar-refractivity contribution is 6.36. The third kappa shape index (κ3) is 13.2. The van der Waals surface area contributed by atoms with E-state index in [4.69, 9.17) is 0 Å². The molecule has 1 heterocycles. The van der Waals surface area contributed by atoms with Gasteiger partial charge in [-0.05, 0) is 51.4 Å². The van der Waals surface area contributed by atoms with E-state index in [0.29, 0.717) is 13.0 Å². The molecule has 0 radical (unpaired) electrons. The smallest absolute Gasteiger partial charge is 0.287 e. The molecule has 1 rings (SSSR count). The lowest BCUT2D eigenvalue weighted by Gasteiger charge is -2.06. The lowest BCUT2D eigenvalue weighted by molar-refractivity contribution is -0.138. The maximum atomic E-state index is 11.6. The van der Waals surface area contributed by atoms with E-state index >= 15 is 0 Å². The summed E-state index contributed by atoms with van der Waals surface area (Å²) in [7, 11) is 0. The Bertz CT molecular complexity index is 463. The topological polar surface area (TPSA) is 82.6 Å². The Balaban J connectivity index is 1.82. The number of carbonyl (C=O) groups is 2. The van der Waals surface area contributed by atoms with E-state index in [1.54, 1.807) is 6.34 Å². The first-order valence-corrected chi connectivity index (χ1v) is 10.7. The van der Waals surface area contributed by atoms with Gasteiger partial charge < -0.3 is 10.7 Å². The SMILES string of the molecule is CCCCCC(=O)C(=O)NCCCC/C=C\CCCCCCC1N=CNN1. The third-order valence-corrected chi connectivity index (χ3v) is 4.68. The van der Waals surface area contributed by atoms with Crippen molar-refractivity contribution in [2.75, 3.05) is 6.54 Å². The minimum atomic E-state index is -0.409. The average molecular weight is 379 g/mol. The van der Waals surface area contributed by atoms with E-state index in [1.807, 2.05) is 0 Å². The Morgan fingerprint density at radius 1 is 1.00 bits per heavy atom. The first-order valence-electron chi connectivity index (χ1n) is 10.7. The summed E-state index contributed by atoms with van der Waals surface area (Å²) in [6, 6.07) is 0. The number of hydrazine groups is 1. The van der Waals surface area contributed by atoms with Crippen molar-refractivity contribution in [3.63, 3.8) is 0 Å². The Hall–Kier alpha value is -1.69. The van der Waals surface area contributed by atoms with E-state index in [0.717, 1.165) is 51.4 Å². The molecule has 0 fully saturated rings. The molecule has 1 aliphatic rings. The van der Waals surface area contributed by atoms with Gasteiger partial charge in [0.2, 0.25) is 5.78 Å². The van der Waals surface area contributed by atoms with Crippen molar-refractivity contribution >= 4 is 18.0 Å². The molecule has 0 aromatic carbocycles. The van der Waals surface area contributed by atoms with Crippen LogP contribution in [0.2, 0.25) is 0 Å². The van der Waals surface area contributed by atoms with Gasteiger partial charge in [0.05, 0.1) is 6.34 Å². The predicted octanol–water partition coefficient (Wildman–Crippen LogP) is 3.78. The van der Waals surface area contributed by atoms with Gasteiger partial charge in [-0.1, -0.05) is 44.8 Å². The minimum absolute atomic E-state index is 0.258. The molecule has 0 aromatic rings. The number of hydrogen-bond donors (Lipinski definition) is 3. The van der Waals surface area contributed by atoms with Crippen LogP contribution in [-0.4, -0.2) is 30.7 Å². The highest BCUT2D eigenvalue weighted by Crippen LogP contribution is 2.09. The normalized spacial score (nSPS) is 16.0. The number of hydrogen-bond acceptors (Lipinski definition) is 5. The van der Waals surface area contributed by atoms with Gasteiger partial charge in [0.15, 0.2) is 0 Å². The van der Waals surface area contributed by atoms with Crippen LogP contribution in [0.25, 0.3) is 0 Å². The Morgan fingerprint density at radius 3 is 2.44 bits per heavy atom. The van der Waals surface area contributed by atoms with E-state index in [-0.39, 0.29) is 11.9 Å². The Kier molecular flexibility index (Phi) is 14.3. The standard InChI is InChI=1S/C21H38N4O2/c1-2-3-12-15-19(26)21(27)22-17-14-11-9-7-5-4-6-8-10-13-16-20-23-18-24-25-20/h5,7,18,20,25H,2-4,6,8-17H2,1H3,(H,22,27)(H,23,24)/b7-5-. The van der Waals surface area contributed by atoms with Gasteiger partial charge in [0, 0.05) is 13.0 Å². The number of Topliss-reactive ketones (excluding diaryl/α,β-unsaturated/α-hetero) is 1. The fourth-order valence-electron chi connectivity index (χ4n) is 2.97. The summed E-state index contributed by atoms with van der Waals surface area (Å²) in [6.07, 6.45) is 20.0. The van der Waals surface area contributed by atoms with Crippen LogP contribution in [-0.2, 0) is 9.59 Å². The zero-order chi connectivity index (χ0) is 19.6. The van der Waals surface area contributed by atoms with Gasteiger partial charge >= 0.3 is 0 Å². The zero-order valence-electron chi connectivity index (χ0n) is 17.0. The lowest BCUT2D eigenvalue weighted by atomic mass is 10.1. The Morgan fingerprint density at radius 2 is 1.74 bits per heavy atom. The molecule has 0 aliphatic carbocycles. The monoisotopic (exact) mass is 378 g/mol. The first kappa shape index (κ1) is 23.3. The number of nitrogens with one attached hydrogen (secondary N) is 3. The van der Waals surface area contributed by atoms with Gasteiger partial charge in [-0.2, -0.15) is 0 Å². The van der Waals surface area contributed by atoms with Gasteiger partial charge in [0.25, 0.3) is 5.91 Å². The second kappa shape index (κ2) is 16.5. The fourth-order valence-corrected chi connectivity index (χ4v) is 2.97. The first-order chi connectivity index (χ1) is 13.2. The molecule has 1 atom stereocenters. The van der Waals surface area contributed by atoms with Crippen LogP contribution in [0.5, 0.6) is 0 Å². The number of aliphatic imine (C=N–C) groups is 1. The molecule has 0 bridgehead atoms. The van der Waals surface area contributed by atoms with Crippen LogP contribution < -0.4 is 16.2 Å². The third-order valence-electron chi connectivity index (χ3n) is 4.68. The highest BCUT2D eigenvalue weighted by atomic mass is 16.2. The van der Waals surface area contributed by atoms with Crippen molar-refractivity contribution in [1.29, 1.82) is 0 Å². The quantitative estimate of drug-likeness (QED) is 0.204. The molecule has 1 aliphatic heterocycles. The second-order valence-electron chi connectivity index (χ2n) is 7.18. The van der Waals surface area contributed by atoms with Gasteiger partial charge in [0.1, 0.15) is 6.17 Å². The van der Waals surface area contributed by atoms with E-state index in [2.05, 4.69) is 40.2 Å². The summed E-state index contributed by atoms with van der Waals surface area (Å²) in [4.78, 5) is 27.4. The van der Waals surface area contributed by atoms with Crippen LogP contribution in [0.3, 0.4) is 0 Å². The second-order valence-corrected chi connectivity index (χ2v) is 7.18. The number of allylic oxidation sites excluding steroid dienone is 2. The molecule has 6 nitrogen and oxygen atoms in total. The molecule has 1 amide bonds. The van der Waals surface area contributed by atoms with Crippen molar-refractivity contribution in [2.24, 2.45) is 4.99 Å². The molecule has 0 saturated carbocycles. The lowest BCUT2D eigenvalue weighted by Crippen LogP contribution is -2.31. The largest absolute Gasteiger partial charge is 0.350 e. The maximum absolute atomic E-state index is 11.6. The molecule has 0 aromatic heterocycles. The summed E-state index contributed by atoms with van der Waals surface area (Å²) in [5.41, 5.74) is 5.99. The average Bonchev–Trinajstić information content (AvgIpc) is 3.18. The minimum Gasteiger partial charge on any atom is -0.350 e. The van der Waals surface area contributed by atoms with E-state index < -0.39 is 5.91 Å². The molecular weight excluding hydrogens is 340 g/mol. The highest BCUT2D eigenvalue weighted by Gasteiger charge is 2.11. The Labute approximate surface area is 164 Å². The van der Waals surface area contributed by atoms with Crippen molar-refractivity contribution in [1.82, 2.24) is 16.2 Å². The number of carbonyl (C=O) groups excluding carboxylic acids is 2. The molecule has 6 heteroatoms. The van der Waals surface area contributed by atoms with Crippen LogP contribution in [0.15, 0.2) is 17.1 Å². The van der Waals surface area contributed by atoms with Crippen LogP contribution in [0, 0.1) is 0 Å². The van der Waals surface area contributed by atoms with Crippen LogP contribution >= 0.6 is 0 Å². The number of unbranched alkanes of at least 4 members (excludes halogenated alkanes) is 8. The van der Waals surface area contributed by atoms with Gasteiger partial charge in [-0.15, -0.1) is 0 Å². The summed E-state index contributed by atoms with van der Waals surface area (Å²) in [5.74, 6) is -0.680. The number of ketones is 1. The molecule has 27 heavy (non-hydrogen) atoms. The summed E-state index contributed by atoms with van der Waals surface area (Å²) >= 11 is 0. The van der Waals surface area contributed by atoms with E-state index in [9.17, 15) is 9.59 Å². The molecule has 0 saturated heterocycles. The summed E-state index contributed by atoms with van der Waals surface area (Å²) < 4.78 is 0. The molecule has 154 valence electrons. The number of nitrogens with zero attached hydrogens (tertiary/aromatic N) is 1. The fraction of sp³-hybridized carbons (Fsp3) is 0.762. The zero-order valence-corrected chi connectivity index (χ0v) is 17.0. The van der Waals surface area contributed by atoms with E-state index in [1.165, 1.54) is 25.7 Å². The molecule has 1 unspecified atom stereocenters. The number of rotatable bonds is 17. The maximum Gasteiger partial charge on any atom is 0.287 e. The van der Waals surface area contributed by atoms with Crippen LogP contribution in [0.1, 0.15) is 90.4 Å². The van der Waals surface area contributed by atoms with Crippen molar-refractivity contribution < 1.29 is 9.59 Å². The van der Waals surface area contributed by atoms with Crippen molar-refractivity contribution in [3.8, 4) is 0 Å². The van der Waals surface area contributed by atoms with Crippen molar-refractivity contribution in [3.05, 3.63) is 12.2 Å². The summed E-state index contributed by atoms with van der Waals surface area (Å²) in [6.45, 7) is 2.69. The molecular formula is C21H38N4O2. The van der Waals surface area contributed by atoms with Crippen LogP contribution in [0.4, 0.5) is 0 Å².